The van der Waals surface area contributed by atoms with Gasteiger partial charge in [-0.25, -0.2) is 0 Å². The van der Waals surface area contributed by atoms with Crippen molar-refractivity contribution in [2.45, 2.75) is 30.6 Å². The Labute approximate surface area is 146 Å². The topological polar surface area (TPSA) is 55.2 Å². The number of hydrogen-bond donors (Lipinski definition) is 0. The molecule has 0 N–H and O–H groups in total. The number of thioether (sulfide) groups is 1. The van der Waals surface area contributed by atoms with E-state index in [0.29, 0.717) is 15.7 Å². The highest BCUT2D eigenvalue weighted by Crippen LogP contribution is 2.30. The van der Waals surface area contributed by atoms with E-state index in [-0.39, 0.29) is 4.90 Å². The molecule has 2 rings (SSSR count). The molecule has 0 radical (unpaired) electrons. The smallest absolute Gasteiger partial charge is 0.283 e. The van der Waals surface area contributed by atoms with Crippen molar-refractivity contribution in [2.75, 3.05) is 14.1 Å². The van der Waals surface area contributed by atoms with Crippen LogP contribution in [0.2, 0.25) is 0 Å². The first kappa shape index (κ1) is 18.0. The Hall–Kier alpha value is -1.38. The number of hydrogen-bond acceptors (Lipinski definition) is 5. The standard InChI is InChI=1S/C15H19N3O2S3/c1-10-6-8-13(9-7-10)23(19,20)18-12(3)14(11(2)16-18)22-15(21)17(4)5/h6-9H,1-5H3. The molecule has 1 aromatic heterocycles. The first-order valence-corrected chi connectivity index (χ1v) is 9.58. The zero-order valence-corrected chi connectivity index (χ0v) is 16.1. The molecule has 0 bridgehead atoms. The summed E-state index contributed by atoms with van der Waals surface area (Å²) < 4.78 is 27.3. The van der Waals surface area contributed by atoms with Crippen molar-refractivity contribution in [1.29, 1.82) is 0 Å². The third-order valence-electron chi connectivity index (χ3n) is 3.29. The molecule has 1 aromatic carbocycles. The van der Waals surface area contributed by atoms with E-state index in [1.807, 2.05) is 25.9 Å². The Kier molecular flexibility index (Phi) is 5.17. The molecule has 0 amide bonds. The fourth-order valence-corrected chi connectivity index (χ4v) is 4.42. The van der Waals surface area contributed by atoms with Crippen molar-refractivity contribution >= 4 is 38.3 Å². The van der Waals surface area contributed by atoms with Gasteiger partial charge in [-0.15, -0.1) is 0 Å². The second-order valence-electron chi connectivity index (χ2n) is 5.42. The summed E-state index contributed by atoms with van der Waals surface area (Å²) in [5.74, 6) is 0. The minimum Gasteiger partial charge on any atom is -0.363 e. The molecule has 0 fully saturated rings. The van der Waals surface area contributed by atoms with Crippen LogP contribution in [-0.4, -0.2) is 40.9 Å². The van der Waals surface area contributed by atoms with Gasteiger partial charge in [-0.1, -0.05) is 41.7 Å². The van der Waals surface area contributed by atoms with Gasteiger partial charge in [0.05, 0.1) is 21.2 Å². The molecule has 23 heavy (non-hydrogen) atoms. The van der Waals surface area contributed by atoms with Gasteiger partial charge < -0.3 is 4.90 Å². The van der Waals surface area contributed by atoms with Crippen LogP contribution in [0.1, 0.15) is 17.0 Å². The molecule has 0 spiro atoms. The lowest BCUT2D eigenvalue weighted by Crippen LogP contribution is -2.17. The van der Waals surface area contributed by atoms with Gasteiger partial charge >= 0.3 is 0 Å². The monoisotopic (exact) mass is 369 g/mol. The van der Waals surface area contributed by atoms with Crippen LogP contribution in [0.3, 0.4) is 0 Å². The van der Waals surface area contributed by atoms with Crippen LogP contribution < -0.4 is 0 Å². The van der Waals surface area contributed by atoms with Gasteiger partial charge in [0.25, 0.3) is 10.0 Å². The van der Waals surface area contributed by atoms with Gasteiger partial charge in [0, 0.05) is 14.1 Å². The number of aromatic nitrogens is 2. The molecular weight excluding hydrogens is 350 g/mol. The summed E-state index contributed by atoms with van der Waals surface area (Å²) in [5.41, 5.74) is 2.22. The average molecular weight is 370 g/mol. The molecular formula is C15H19N3O2S3. The van der Waals surface area contributed by atoms with E-state index < -0.39 is 10.0 Å². The second-order valence-corrected chi connectivity index (χ2v) is 8.83. The summed E-state index contributed by atoms with van der Waals surface area (Å²) in [7, 11) is 0.000487. The molecule has 0 aliphatic carbocycles. The first-order chi connectivity index (χ1) is 10.6. The van der Waals surface area contributed by atoms with Crippen LogP contribution in [0.5, 0.6) is 0 Å². The number of nitrogens with zero attached hydrogens (tertiary/aromatic N) is 3. The summed E-state index contributed by atoms with van der Waals surface area (Å²) in [4.78, 5) is 2.81. The molecule has 0 aliphatic heterocycles. The Bertz CT molecular complexity index is 838. The quantitative estimate of drug-likeness (QED) is 0.612. The van der Waals surface area contributed by atoms with E-state index in [0.717, 1.165) is 14.5 Å². The lowest BCUT2D eigenvalue weighted by atomic mass is 10.2. The molecule has 8 heteroatoms. The van der Waals surface area contributed by atoms with Gasteiger partial charge in [-0.3, -0.25) is 0 Å². The van der Waals surface area contributed by atoms with Gasteiger partial charge in [0.1, 0.15) is 4.32 Å². The SMILES string of the molecule is Cc1ccc(S(=O)(=O)n2nc(C)c(SC(=S)N(C)C)c2C)cc1. The molecule has 1 heterocycles. The Balaban J connectivity index is 2.48. The zero-order valence-electron chi connectivity index (χ0n) is 13.7. The zero-order chi connectivity index (χ0) is 17.4. The van der Waals surface area contributed by atoms with Gasteiger partial charge in [0.15, 0.2) is 0 Å². The van der Waals surface area contributed by atoms with E-state index >= 15 is 0 Å². The largest absolute Gasteiger partial charge is 0.363 e. The van der Waals surface area contributed by atoms with Crippen LogP contribution in [0.25, 0.3) is 0 Å². The third-order valence-corrected chi connectivity index (χ3v) is 6.91. The first-order valence-electron chi connectivity index (χ1n) is 6.92. The van der Waals surface area contributed by atoms with Gasteiger partial charge in [0.2, 0.25) is 0 Å². The fourth-order valence-electron chi connectivity index (χ4n) is 1.98. The lowest BCUT2D eigenvalue weighted by Gasteiger charge is -2.12. The van der Waals surface area contributed by atoms with Crippen molar-refractivity contribution in [3.05, 3.63) is 41.2 Å². The number of benzene rings is 1. The van der Waals surface area contributed by atoms with E-state index in [1.54, 1.807) is 38.1 Å². The summed E-state index contributed by atoms with van der Waals surface area (Å²) in [5, 5.41) is 4.22. The second kappa shape index (κ2) is 6.62. The number of aryl methyl sites for hydroxylation is 2. The van der Waals surface area contributed by atoms with Crippen molar-refractivity contribution in [1.82, 2.24) is 14.1 Å². The Morgan fingerprint density at radius 2 is 1.74 bits per heavy atom. The Morgan fingerprint density at radius 1 is 1.17 bits per heavy atom. The summed E-state index contributed by atoms with van der Waals surface area (Å²) in [6, 6.07) is 6.74. The van der Waals surface area contributed by atoms with Crippen molar-refractivity contribution in [3.8, 4) is 0 Å². The van der Waals surface area contributed by atoms with Gasteiger partial charge in [-0.05, 0) is 32.9 Å². The van der Waals surface area contributed by atoms with E-state index in [1.165, 1.54) is 11.8 Å². The summed E-state index contributed by atoms with van der Waals surface area (Å²) in [6.07, 6.45) is 0. The fraction of sp³-hybridized carbons (Fsp3) is 0.333. The van der Waals surface area contributed by atoms with E-state index in [2.05, 4.69) is 5.10 Å². The highest BCUT2D eigenvalue weighted by atomic mass is 32.2. The highest BCUT2D eigenvalue weighted by Gasteiger charge is 2.24. The van der Waals surface area contributed by atoms with Crippen LogP contribution in [-0.2, 0) is 10.0 Å². The molecule has 0 aliphatic rings. The van der Waals surface area contributed by atoms with Crippen LogP contribution in [0.4, 0.5) is 0 Å². The molecule has 0 unspecified atom stereocenters. The molecule has 5 nitrogen and oxygen atoms in total. The normalized spacial score (nSPS) is 11.5. The van der Waals surface area contributed by atoms with E-state index in [4.69, 9.17) is 12.2 Å². The molecule has 0 atom stereocenters. The van der Waals surface area contributed by atoms with Crippen LogP contribution in [0, 0.1) is 20.8 Å². The molecule has 0 saturated carbocycles. The van der Waals surface area contributed by atoms with Crippen molar-refractivity contribution in [2.24, 2.45) is 0 Å². The predicted octanol–water partition coefficient (Wildman–Crippen LogP) is 2.98. The van der Waals surface area contributed by atoms with Crippen molar-refractivity contribution < 1.29 is 8.42 Å². The maximum absolute atomic E-state index is 12.8. The summed E-state index contributed by atoms with van der Waals surface area (Å²) >= 11 is 6.64. The number of thiocarbonyl (C=S) groups is 1. The lowest BCUT2D eigenvalue weighted by molar-refractivity contribution is 0.577. The minimum absolute atomic E-state index is 0.223. The average Bonchev–Trinajstić information content (AvgIpc) is 2.76. The maximum Gasteiger partial charge on any atom is 0.283 e. The summed E-state index contributed by atoms with van der Waals surface area (Å²) in [6.45, 7) is 5.44. The molecule has 2 aromatic rings. The minimum atomic E-state index is -3.71. The number of rotatable bonds is 3. The predicted molar refractivity (Wildman–Crippen MR) is 97.6 cm³/mol. The molecule has 0 saturated heterocycles. The third kappa shape index (κ3) is 3.59. The highest BCUT2D eigenvalue weighted by molar-refractivity contribution is 8.23. The van der Waals surface area contributed by atoms with Crippen molar-refractivity contribution in [3.63, 3.8) is 0 Å². The van der Waals surface area contributed by atoms with Crippen LogP contribution >= 0.6 is 24.0 Å². The van der Waals surface area contributed by atoms with Crippen LogP contribution in [0.15, 0.2) is 34.1 Å². The van der Waals surface area contributed by atoms with E-state index in [9.17, 15) is 8.42 Å². The van der Waals surface area contributed by atoms with Gasteiger partial charge in [-0.2, -0.15) is 17.6 Å². The maximum atomic E-state index is 12.8. The molecule has 124 valence electrons. The Morgan fingerprint density at radius 3 is 2.26 bits per heavy atom.